The average molecular weight is 323 g/mol. The second-order valence-corrected chi connectivity index (χ2v) is 5.88. The molecule has 1 heterocycles. The zero-order valence-electron chi connectivity index (χ0n) is 11.7. The summed E-state index contributed by atoms with van der Waals surface area (Å²) < 4.78 is 2.94. The first-order valence-electron chi connectivity index (χ1n) is 6.32. The molecule has 0 amide bonds. The zero-order chi connectivity index (χ0) is 14.2. The summed E-state index contributed by atoms with van der Waals surface area (Å²) in [6.07, 6.45) is 0.0815. The van der Waals surface area contributed by atoms with Crippen LogP contribution in [0.3, 0.4) is 0 Å². The van der Waals surface area contributed by atoms with E-state index in [4.69, 9.17) is 0 Å². The molecular weight excluding hydrogens is 304 g/mol. The summed E-state index contributed by atoms with van der Waals surface area (Å²) in [5.41, 5.74) is 5.28. The maximum Gasteiger partial charge on any atom is 0.0845 e. The largest absolute Gasteiger partial charge is 0.388 e. The van der Waals surface area contributed by atoms with Gasteiger partial charge in [0.1, 0.15) is 0 Å². The van der Waals surface area contributed by atoms with Gasteiger partial charge in [-0.25, -0.2) is 0 Å². The molecule has 0 aliphatic carbocycles. The smallest absolute Gasteiger partial charge is 0.0845 e. The van der Waals surface area contributed by atoms with Crippen molar-refractivity contribution in [2.24, 2.45) is 7.05 Å². The van der Waals surface area contributed by atoms with Gasteiger partial charge in [-0.3, -0.25) is 4.68 Å². The molecule has 1 unspecified atom stereocenters. The van der Waals surface area contributed by atoms with Crippen LogP contribution in [-0.2, 0) is 13.5 Å². The first-order valence-corrected chi connectivity index (χ1v) is 7.12. The zero-order valence-corrected chi connectivity index (χ0v) is 13.3. The number of aromatic nitrogens is 2. The molecule has 0 saturated carbocycles. The van der Waals surface area contributed by atoms with E-state index in [2.05, 4.69) is 21.0 Å². The van der Waals surface area contributed by atoms with Gasteiger partial charge in [-0.05, 0) is 43.5 Å². The SMILES string of the molecule is Cc1cc(CC(O)c2cc(C)c(Br)c(C)c2)n(C)n1. The standard InChI is InChI=1S/C15H19BrN2O/c1-9-5-12(6-10(2)15(9)16)14(19)8-13-7-11(3)17-18(13)4/h5-7,14,19H,8H2,1-4H3. The fourth-order valence-electron chi connectivity index (χ4n) is 2.34. The lowest BCUT2D eigenvalue weighted by atomic mass is 10.00. The summed E-state index contributed by atoms with van der Waals surface area (Å²) >= 11 is 3.55. The lowest BCUT2D eigenvalue weighted by Crippen LogP contribution is -2.07. The first kappa shape index (κ1) is 14.3. The number of nitrogens with zero attached hydrogens (tertiary/aromatic N) is 2. The van der Waals surface area contributed by atoms with Crippen LogP contribution in [0.25, 0.3) is 0 Å². The number of hydrogen-bond donors (Lipinski definition) is 1. The van der Waals surface area contributed by atoms with Crippen LogP contribution in [0.4, 0.5) is 0 Å². The molecule has 0 saturated heterocycles. The lowest BCUT2D eigenvalue weighted by molar-refractivity contribution is 0.175. The normalized spacial score (nSPS) is 12.7. The molecule has 102 valence electrons. The van der Waals surface area contributed by atoms with E-state index in [1.54, 1.807) is 0 Å². The number of aliphatic hydroxyl groups is 1. The molecule has 1 aromatic carbocycles. The van der Waals surface area contributed by atoms with Gasteiger partial charge in [-0.15, -0.1) is 0 Å². The molecule has 4 heteroatoms. The molecule has 0 aliphatic heterocycles. The van der Waals surface area contributed by atoms with Crippen molar-refractivity contribution >= 4 is 15.9 Å². The van der Waals surface area contributed by atoms with Gasteiger partial charge >= 0.3 is 0 Å². The van der Waals surface area contributed by atoms with Crippen molar-refractivity contribution in [3.05, 3.63) is 50.8 Å². The van der Waals surface area contributed by atoms with Crippen LogP contribution < -0.4 is 0 Å². The quantitative estimate of drug-likeness (QED) is 0.940. The van der Waals surface area contributed by atoms with Gasteiger partial charge < -0.3 is 5.11 Å². The highest BCUT2D eigenvalue weighted by Crippen LogP contribution is 2.27. The highest BCUT2D eigenvalue weighted by Gasteiger charge is 2.14. The van der Waals surface area contributed by atoms with Gasteiger partial charge in [-0.1, -0.05) is 28.1 Å². The van der Waals surface area contributed by atoms with Gasteiger partial charge in [0.15, 0.2) is 0 Å². The lowest BCUT2D eigenvalue weighted by Gasteiger charge is -2.14. The van der Waals surface area contributed by atoms with E-state index in [1.165, 1.54) is 0 Å². The summed E-state index contributed by atoms with van der Waals surface area (Å²) in [6, 6.07) is 6.08. The molecule has 19 heavy (non-hydrogen) atoms. The summed E-state index contributed by atoms with van der Waals surface area (Å²) in [4.78, 5) is 0. The predicted molar refractivity (Wildman–Crippen MR) is 80.2 cm³/mol. The Bertz CT molecular complexity index is 581. The predicted octanol–water partition coefficient (Wildman–Crippen LogP) is 3.38. The number of aliphatic hydroxyl groups excluding tert-OH is 1. The second-order valence-electron chi connectivity index (χ2n) is 5.09. The van der Waals surface area contributed by atoms with Crippen LogP contribution in [0.15, 0.2) is 22.7 Å². The van der Waals surface area contributed by atoms with Crippen LogP contribution in [0, 0.1) is 20.8 Å². The minimum atomic E-state index is -0.500. The molecule has 0 fully saturated rings. The van der Waals surface area contributed by atoms with Crippen molar-refractivity contribution in [3.63, 3.8) is 0 Å². The number of aryl methyl sites for hydroxylation is 4. The molecular formula is C15H19BrN2O. The molecule has 3 nitrogen and oxygen atoms in total. The van der Waals surface area contributed by atoms with Crippen LogP contribution in [0.2, 0.25) is 0 Å². The van der Waals surface area contributed by atoms with E-state index >= 15 is 0 Å². The average Bonchev–Trinajstić information content (AvgIpc) is 2.64. The Labute approximate surface area is 122 Å². The summed E-state index contributed by atoms with van der Waals surface area (Å²) in [7, 11) is 1.91. The van der Waals surface area contributed by atoms with Crippen LogP contribution in [0.5, 0.6) is 0 Å². The third-order valence-corrected chi connectivity index (χ3v) is 4.60. The summed E-state index contributed by atoms with van der Waals surface area (Å²) in [5, 5.41) is 14.7. The molecule has 1 aromatic heterocycles. The molecule has 0 bridgehead atoms. The van der Waals surface area contributed by atoms with Gasteiger partial charge in [0.2, 0.25) is 0 Å². The van der Waals surface area contributed by atoms with E-state index in [-0.39, 0.29) is 0 Å². The van der Waals surface area contributed by atoms with E-state index in [1.807, 2.05) is 50.7 Å². The van der Waals surface area contributed by atoms with Crippen LogP contribution in [-0.4, -0.2) is 14.9 Å². The topological polar surface area (TPSA) is 38.0 Å². The molecule has 1 N–H and O–H groups in total. The molecule has 0 spiro atoms. The third-order valence-electron chi connectivity index (χ3n) is 3.34. The minimum absolute atomic E-state index is 0.500. The minimum Gasteiger partial charge on any atom is -0.388 e. The summed E-state index contributed by atoms with van der Waals surface area (Å²) in [6.45, 7) is 6.05. The molecule has 2 rings (SSSR count). The fraction of sp³-hybridized carbons (Fsp3) is 0.400. The second kappa shape index (κ2) is 5.47. The Morgan fingerprint density at radius 3 is 2.26 bits per heavy atom. The molecule has 0 radical (unpaired) electrons. The molecule has 1 atom stereocenters. The van der Waals surface area contributed by atoms with Gasteiger partial charge in [0.05, 0.1) is 11.8 Å². The molecule has 0 aliphatic rings. The van der Waals surface area contributed by atoms with Gasteiger partial charge in [0.25, 0.3) is 0 Å². The Kier molecular flexibility index (Phi) is 4.11. The maximum atomic E-state index is 10.4. The fourth-order valence-corrected chi connectivity index (χ4v) is 2.57. The van der Waals surface area contributed by atoms with E-state index in [9.17, 15) is 5.11 Å². The van der Waals surface area contributed by atoms with Gasteiger partial charge in [-0.2, -0.15) is 5.10 Å². The number of rotatable bonds is 3. The Balaban J connectivity index is 2.25. The Hall–Kier alpha value is -1.13. The van der Waals surface area contributed by atoms with Crippen molar-refractivity contribution < 1.29 is 5.11 Å². The van der Waals surface area contributed by atoms with Crippen molar-refractivity contribution in [1.82, 2.24) is 9.78 Å². The Morgan fingerprint density at radius 2 is 1.79 bits per heavy atom. The van der Waals surface area contributed by atoms with Crippen LogP contribution in [0.1, 0.15) is 34.2 Å². The van der Waals surface area contributed by atoms with E-state index < -0.39 is 6.10 Å². The number of halogens is 1. The van der Waals surface area contributed by atoms with Crippen molar-refractivity contribution in [3.8, 4) is 0 Å². The third kappa shape index (κ3) is 3.07. The highest BCUT2D eigenvalue weighted by atomic mass is 79.9. The Morgan fingerprint density at radius 1 is 1.21 bits per heavy atom. The monoisotopic (exact) mass is 322 g/mol. The molecule has 2 aromatic rings. The van der Waals surface area contributed by atoms with Crippen LogP contribution >= 0.6 is 15.9 Å². The van der Waals surface area contributed by atoms with E-state index in [0.29, 0.717) is 6.42 Å². The van der Waals surface area contributed by atoms with E-state index in [0.717, 1.165) is 32.6 Å². The van der Waals surface area contributed by atoms with Crippen molar-refractivity contribution in [2.45, 2.75) is 33.3 Å². The summed E-state index contributed by atoms with van der Waals surface area (Å²) in [5.74, 6) is 0. The van der Waals surface area contributed by atoms with Crippen molar-refractivity contribution in [1.29, 1.82) is 0 Å². The maximum absolute atomic E-state index is 10.4. The van der Waals surface area contributed by atoms with Gasteiger partial charge in [0, 0.05) is 23.6 Å². The number of hydrogen-bond acceptors (Lipinski definition) is 2. The van der Waals surface area contributed by atoms with Crippen molar-refractivity contribution in [2.75, 3.05) is 0 Å². The highest BCUT2D eigenvalue weighted by molar-refractivity contribution is 9.10. The first-order chi connectivity index (χ1) is 8.88. The number of benzene rings is 1.